The summed E-state index contributed by atoms with van der Waals surface area (Å²) in [5.41, 5.74) is 0.208. The number of aliphatic hydroxyl groups is 1. The predicted octanol–water partition coefficient (Wildman–Crippen LogP) is -0.812. The van der Waals surface area contributed by atoms with Gasteiger partial charge in [0.1, 0.15) is 0 Å². The minimum absolute atomic E-state index is 0.0280. The van der Waals surface area contributed by atoms with E-state index in [0.29, 0.717) is 5.57 Å². The lowest BCUT2D eigenvalue weighted by molar-refractivity contribution is -0.134. The molecule has 0 fully saturated rings. The quantitative estimate of drug-likeness (QED) is 0.248. The first-order valence-corrected chi connectivity index (χ1v) is 5.58. The van der Waals surface area contributed by atoms with Crippen LogP contribution in [0.1, 0.15) is 12.8 Å². The van der Waals surface area contributed by atoms with Gasteiger partial charge in [0.25, 0.3) is 0 Å². The molecule has 4 N–H and O–H groups in total. The highest BCUT2D eigenvalue weighted by atomic mass is 16.4. The molecule has 106 valence electrons. The second-order valence-electron chi connectivity index (χ2n) is 3.87. The fraction of sp³-hybridized carbons (Fsp3) is 0.417. The Morgan fingerprint density at radius 1 is 0.947 bits per heavy atom. The third kappa shape index (κ3) is 8.56. The van der Waals surface area contributed by atoms with Crippen LogP contribution in [0.5, 0.6) is 0 Å². The number of aliphatic carboxylic acids is 1. The lowest BCUT2D eigenvalue weighted by Gasteiger charge is -2.07. The number of hydrogen-bond donors (Lipinski definition) is 4. The number of amides is 2. The minimum atomic E-state index is -1.22. The SMILES string of the molecule is C=C(CO)CC(=O)NCCNC(=O)CC(=C)C(=O)O. The molecule has 0 atom stereocenters. The Bertz CT molecular complexity index is 390. The van der Waals surface area contributed by atoms with E-state index in [9.17, 15) is 14.4 Å². The van der Waals surface area contributed by atoms with E-state index in [1.807, 2.05) is 0 Å². The summed E-state index contributed by atoms with van der Waals surface area (Å²) in [7, 11) is 0. The Labute approximate surface area is 111 Å². The molecule has 0 radical (unpaired) electrons. The van der Waals surface area contributed by atoms with E-state index in [2.05, 4.69) is 23.8 Å². The van der Waals surface area contributed by atoms with Crippen molar-refractivity contribution in [2.45, 2.75) is 12.8 Å². The number of nitrogens with one attached hydrogen (secondary N) is 2. The third-order valence-corrected chi connectivity index (χ3v) is 2.08. The van der Waals surface area contributed by atoms with Gasteiger partial charge in [-0.15, -0.1) is 0 Å². The van der Waals surface area contributed by atoms with Gasteiger partial charge < -0.3 is 20.8 Å². The maximum Gasteiger partial charge on any atom is 0.331 e. The predicted molar refractivity (Wildman–Crippen MR) is 68.3 cm³/mol. The van der Waals surface area contributed by atoms with Crippen LogP contribution in [0.3, 0.4) is 0 Å². The molecule has 7 heteroatoms. The smallest absolute Gasteiger partial charge is 0.331 e. The summed E-state index contributed by atoms with van der Waals surface area (Å²) >= 11 is 0. The van der Waals surface area contributed by atoms with E-state index < -0.39 is 11.9 Å². The molecule has 19 heavy (non-hydrogen) atoms. The highest BCUT2D eigenvalue weighted by Gasteiger charge is 2.09. The highest BCUT2D eigenvalue weighted by Crippen LogP contribution is 1.97. The fourth-order valence-electron chi connectivity index (χ4n) is 1.08. The molecule has 0 aliphatic carbocycles. The lowest BCUT2D eigenvalue weighted by atomic mass is 10.2. The van der Waals surface area contributed by atoms with E-state index in [1.54, 1.807) is 0 Å². The van der Waals surface area contributed by atoms with Gasteiger partial charge in [-0.1, -0.05) is 13.2 Å². The Morgan fingerprint density at radius 2 is 1.42 bits per heavy atom. The first-order valence-electron chi connectivity index (χ1n) is 5.58. The van der Waals surface area contributed by atoms with Gasteiger partial charge in [-0.25, -0.2) is 4.79 Å². The Kier molecular flexibility index (Phi) is 7.87. The second kappa shape index (κ2) is 8.87. The average Bonchev–Trinajstić information content (AvgIpc) is 2.34. The molecule has 0 aliphatic heterocycles. The number of carboxylic acid groups (broad SMARTS) is 1. The molecular formula is C12H18N2O5. The van der Waals surface area contributed by atoms with Crippen molar-refractivity contribution in [2.75, 3.05) is 19.7 Å². The molecule has 0 rings (SSSR count). The van der Waals surface area contributed by atoms with Gasteiger partial charge in [-0.05, 0) is 5.57 Å². The number of carboxylic acids is 1. The van der Waals surface area contributed by atoms with Crippen molar-refractivity contribution in [3.8, 4) is 0 Å². The van der Waals surface area contributed by atoms with Crippen LogP contribution < -0.4 is 10.6 Å². The maximum absolute atomic E-state index is 11.2. The normalized spacial score (nSPS) is 9.53. The molecule has 0 saturated carbocycles. The van der Waals surface area contributed by atoms with Crippen molar-refractivity contribution in [3.63, 3.8) is 0 Å². The van der Waals surface area contributed by atoms with Crippen molar-refractivity contribution in [1.82, 2.24) is 10.6 Å². The summed E-state index contributed by atoms with van der Waals surface area (Å²) in [5, 5.41) is 22.1. The van der Waals surface area contributed by atoms with Crippen molar-refractivity contribution in [1.29, 1.82) is 0 Å². The Hall–Kier alpha value is -2.15. The number of rotatable bonds is 9. The van der Waals surface area contributed by atoms with Crippen molar-refractivity contribution >= 4 is 17.8 Å². The number of carbonyl (C=O) groups is 3. The van der Waals surface area contributed by atoms with Gasteiger partial charge in [0.2, 0.25) is 11.8 Å². The first-order chi connectivity index (χ1) is 8.86. The lowest BCUT2D eigenvalue weighted by Crippen LogP contribution is -2.35. The van der Waals surface area contributed by atoms with E-state index in [0.717, 1.165) is 0 Å². The number of hydrogen-bond acceptors (Lipinski definition) is 4. The van der Waals surface area contributed by atoms with Gasteiger partial charge in [0, 0.05) is 25.1 Å². The molecule has 2 amide bonds. The van der Waals surface area contributed by atoms with Crippen molar-refractivity contribution in [3.05, 3.63) is 24.3 Å². The van der Waals surface area contributed by atoms with Crippen LogP contribution in [0.2, 0.25) is 0 Å². The van der Waals surface area contributed by atoms with Gasteiger partial charge >= 0.3 is 5.97 Å². The van der Waals surface area contributed by atoms with Gasteiger partial charge in [-0.3, -0.25) is 9.59 Å². The van der Waals surface area contributed by atoms with Crippen LogP contribution in [-0.2, 0) is 14.4 Å². The Morgan fingerprint density at radius 3 is 1.84 bits per heavy atom. The zero-order chi connectivity index (χ0) is 14.8. The third-order valence-electron chi connectivity index (χ3n) is 2.08. The summed E-state index contributed by atoms with van der Waals surface area (Å²) in [6.07, 6.45) is -0.259. The van der Waals surface area contributed by atoms with E-state index in [4.69, 9.17) is 10.2 Å². The van der Waals surface area contributed by atoms with E-state index in [-0.39, 0.29) is 44.0 Å². The van der Waals surface area contributed by atoms with Crippen molar-refractivity contribution in [2.24, 2.45) is 0 Å². The molecule has 0 heterocycles. The van der Waals surface area contributed by atoms with Gasteiger partial charge in [0.05, 0.1) is 13.0 Å². The van der Waals surface area contributed by atoms with Crippen LogP contribution in [-0.4, -0.2) is 47.7 Å². The zero-order valence-electron chi connectivity index (χ0n) is 10.6. The molecule has 0 bridgehead atoms. The minimum Gasteiger partial charge on any atom is -0.478 e. The van der Waals surface area contributed by atoms with Crippen LogP contribution in [0.25, 0.3) is 0 Å². The molecule has 0 unspecified atom stereocenters. The topological polar surface area (TPSA) is 116 Å². The zero-order valence-corrected chi connectivity index (χ0v) is 10.6. The van der Waals surface area contributed by atoms with Crippen LogP contribution in [0.4, 0.5) is 0 Å². The molecule has 0 aromatic heterocycles. The molecule has 0 aromatic carbocycles. The summed E-state index contributed by atoms with van der Waals surface area (Å²) in [5.74, 6) is -1.99. The molecule has 0 spiro atoms. The fourth-order valence-corrected chi connectivity index (χ4v) is 1.08. The van der Waals surface area contributed by atoms with Gasteiger partial charge in [0.15, 0.2) is 0 Å². The monoisotopic (exact) mass is 270 g/mol. The highest BCUT2D eigenvalue weighted by molar-refractivity contribution is 5.93. The van der Waals surface area contributed by atoms with Crippen molar-refractivity contribution < 1.29 is 24.6 Å². The summed E-state index contributed by atoms with van der Waals surface area (Å²) in [6.45, 7) is 6.85. The number of carbonyl (C=O) groups excluding carboxylic acids is 2. The molecular weight excluding hydrogens is 252 g/mol. The molecule has 0 aromatic rings. The molecule has 7 nitrogen and oxygen atoms in total. The van der Waals surface area contributed by atoms with E-state index >= 15 is 0 Å². The average molecular weight is 270 g/mol. The maximum atomic E-state index is 11.2. The largest absolute Gasteiger partial charge is 0.478 e. The Balaban J connectivity index is 3.72. The molecule has 0 aliphatic rings. The summed E-state index contributed by atoms with van der Waals surface area (Å²) in [6, 6.07) is 0. The summed E-state index contributed by atoms with van der Waals surface area (Å²) < 4.78 is 0. The molecule has 0 saturated heterocycles. The van der Waals surface area contributed by atoms with Crippen LogP contribution >= 0.6 is 0 Å². The first kappa shape index (κ1) is 16.9. The second-order valence-corrected chi connectivity index (χ2v) is 3.87. The summed E-state index contributed by atoms with van der Waals surface area (Å²) in [4.78, 5) is 32.9. The van der Waals surface area contributed by atoms with E-state index in [1.165, 1.54) is 0 Å². The van der Waals surface area contributed by atoms with Gasteiger partial charge in [-0.2, -0.15) is 0 Å². The van der Waals surface area contributed by atoms with Crippen LogP contribution in [0.15, 0.2) is 24.3 Å². The number of aliphatic hydroxyl groups excluding tert-OH is 1. The standard InChI is InChI=1S/C12H18N2O5/c1-8(7-15)5-10(16)13-3-4-14-11(17)6-9(2)12(18)19/h15H,1-7H2,(H,13,16)(H,14,17)(H,18,19). The van der Waals surface area contributed by atoms with Crippen LogP contribution in [0, 0.1) is 0 Å².